The Kier molecular flexibility index (Phi) is 6.77. The fourth-order valence-corrected chi connectivity index (χ4v) is 4.26. The van der Waals surface area contributed by atoms with Crippen LogP contribution in [0.25, 0.3) is 10.9 Å². The number of anilines is 1. The minimum absolute atomic E-state index is 0.346. The van der Waals surface area contributed by atoms with Crippen molar-refractivity contribution in [1.82, 2.24) is 10.3 Å². The maximum Gasteiger partial charge on any atom is 0.407 e. The minimum atomic E-state index is -0.623. The number of ether oxygens (including phenoxy) is 2. The summed E-state index contributed by atoms with van der Waals surface area (Å²) in [6, 6.07) is 5.39. The maximum atomic E-state index is 12.5. The zero-order valence-corrected chi connectivity index (χ0v) is 19.7. The smallest absolute Gasteiger partial charge is 0.407 e. The average Bonchev–Trinajstić information content (AvgIpc) is 2.66. The van der Waals surface area contributed by atoms with Crippen LogP contribution in [0.15, 0.2) is 28.9 Å². The van der Waals surface area contributed by atoms with Crippen LogP contribution in [0, 0.1) is 5.92 Å². The van der Waals surface area contributed by atoms with Crippen LogP contribution in [0.4, 0.5) is 10.5 Å². The number of amides is 1. The van der Waals surface area contributed by atoms with Gasteiger partial charge in [0, 0.05) is 35.2 Å². The number of esters is 1. The van der Waals surface area contributed by atoms with Gasteiger partial charge in [-0.05, 0) is 45.4 Å². The Morgan fingerprint density at radius 1 is 1.33 bits per heavy atom. The highest BCUT2D eigenvalue weighted by molar-refractivity contribution is 9.10. The van der Waals surface area contributed by atoms with Gasteiger partial charge in [-0.3, -0.25) is 9.78 Å². The first-order chi connectivity index (χ1) is 14.1. The normalized spacial score (nSPS) is 19.5. The van der Waals surface area contributed by atoms with Crippen LogP contribution in [0.5, 0.6) is 0 Å². The Morgan fingerprint density at radius 2 is 2.07 bits per heavy atom. The molecular formula is C21H25BrClN3O4. The molecule has 162 valence electrons. The fourth-order valence-electron chi connectivity index (χ4n) is 3.62. The molecule has 1 aromatic carbocycles. The molecule has 30 heavy (non-hydrogen) atoms. The van der Waals surface area contributed by atoms with E-state index in [0.717, 1.165) is 21.1 Å². The standard InChI is InChI=1S/C21H25BrClN3O4/c1-21(2,3)30-20(28)25-17-7-8-26(11-14(17)19(27)29-4)18-13-9-12(22)5-6-16(13)24-10-15(18)23/h5-6,9-10,14,17H,7-8,11H2,1-4H3,(H,25,28). The number of rotatable bonds is 3. The summed E-state index contributed by atoms with van der Waals surface area (Å²) in [5.74, 6) is -0.959. The van der Waals surface area contributed by atoms with Gasteiger partial charge in [0.2, 0.25) is 0 Å². The third-order valence-corrected chi connectivity index (χ3v) is 5.66. The van der Waals surface area contributed by atoms with Crippen molar-refractivity contribution in [3.8, 4) is 0 Å². The number of benzene rings is 1. The molecule has 1 aliphatic rings. The van der Waals surface area contributed by atoms with E-state index in [9.17, 15) is 9.59 Å². The molecule has 0 saturated carbocycles. The summed E-state index contributed by atoms with van der Waals surface area (Å²) >= 11 is 10.0. The molecular weight excluding hydrogens is 474 g/mol. The van der Waals surface area contributed by atoms with E-state index in [2.05, 4.69) is 26.2 Å². The molecule has 9 heteroatoms. The summed E-state index contributed by atoms with van der Waals surface area (Å²) in [6.45, 7) is 6.32. The Balaban J connectivity index is 1.88. The molecule has 2 aromatic rings. The first-order valence-corrected chi connectivity index (χ1v) is 10.8. The van der Waals surface area contributed by atoms with Crippen LogP contribution in [0.2, 0.25) is 5.02 Å². The van der Waals surface area contributed by atoms with E-state index < -0.39 is 29.6 Å². The number of carbonyl (C=O) groups is 2. The van der Waals surface area contributed by atoms with Crippen LogP contribution < -0.4 is 10.2 Å². The number of pyridine rings is 1. The van der Waals surface area contributed by atoms with Crippen molar-refractivity contribution in [3.63, 3.8) is 0 Å². The van der Waals surface area contributed by atoms with Crippen LogP contribution in [-0.4, -0.2) is 48.9 Å². The number of piperidine rings is 1. The summed E-state index contributed by atoms with van der Waals surface area (Å²) in [5, 5.41) is 4.22. The number of carbonyl (C=O) groups excluding carboxylic acids is 2. The molecule has 2 atom stereocenters. The molecule has 0 aliphatic carbocycles. The lowest BCUT2D eigenvalue weighted by Crippen LogP contribution is -2.54. The van der Waals surface area contributed by atoms with Crippen LogP contribution in [0.3, 0.4) is 0 Å². The number of hydrogen-bond acceptors (Lipinski definition) is 6. The Morgan fingerprint density at radius 3 is 2.73 bits per heavy atom. The summed E-state index contributed by atoms with van der Waals surface area (Å²) in [6.07, 6.45) is 1.60. The van der Waals surface area contributed by atoms with E-state index in [1.165, 1.54) is 7.11 Å². The zero-order valence-electron chi connectivity index (χ0n) is 17.4. The van der Waals surface area contributed by atoms with Gasteiger partial charge in [-0.1, -0.05) is 27.5 Å². The van der Waals surface area contributed by atoms with Crippen molar-refractivity contribution < 1.29 is 19.1 Å². The third kappa shape index (κ3) is 5.16. The summed E-state index contributed by atoms with van der Waals surface area (Å²) in [5.41, 5.74) is 0.997. The Labute approximate surface area is 189 Å². The van der Waals surface area contributed by atoms with Gasteiger partial charge in [0.15, 0.2) is 0 Å². The zero-order chi connectivity index (χ0) is 22.1. The highest BCUT2D eigenvalue weighted by Gasteiger charge is 2.38. The molecule has 1 amide bonds. The van der Waals surface area contributed by atoms with Gasteiger partial charge >= 0.3 is 12.1 Å². The first-order valence-electron chi connectivity index (χ1n) is 9.65. The minimum Gasteiger partial charge on any atom is -0.469 e. The molecule has 1 N–H and O–H groups in total. The summed E-state index contributed by atoms with van der Waals surface area (Å²) < 4.78 is 11.3. The van der Waals surface area contributed by atoms with E-state index in [1.807, 2.05) is 23.1 Å². The highest BCUT2D eigenvalue weighted by atomic mass is 79.9. The predicted octanol–water partition coefficient (Wildman–Crippen LogP) is 4.54. The van der Waals surface area contributed by atoms with E-state index in [0.29, 0.717) is 24.5 Å². The third-order valence-electron chi connectivity index (χ3n) is 4.89. The van der Waals surface area contributed by atoms with E-state index in [4.69, 9.17) is 21.1 Å². The number of hydrogen-bond donors (Lipinski definition) is 1. The van der Waals surface area contributed by atoms with Gasteiger partial charge in [0.05, 0.1) is 29.3 Å². The Bertz CT molecular complexity index is 958. The molecule has 2 heterocycles. The first kappa shape index (κ1) is 22.6. The second-order valence-corrected chi connectivity index (χ2v) is 9.56. The van der Waals surface area contributed by atoms with Gasteiger partial charge in [-0.15, -0.1) is 0 Å². The van der Waals surface area contributed by atoms with Gasteiger partial charge in [-0.2, -0.15) is 0 Å². The molecule has 0 spiro atoms. The SMILES string of the molecule is COC(=O)C1CN(c2c(Cl)cnc3ccc(Br)cc23)CCC1NC(=O)OC(C)(C)C. The number of alkyl carbamates (subject to hydrolysis) is 1. The number of aromatic nitrogens is 1. The van der Waals surface area contributed by atoms with Gasteiger partial charge in [-0.25, -0.2) is 4.79 Å². The van der Waals surface area contributed by atoms with Crippen molar-refractivity contribution >= 4 is 56.2 Å². The average molecular weight is 499 g/mol. The molecule has 0 bridgehead atoms. The van der Waals surface area contributed by atoms with E-state index >= 15 is 0 Å². The lowest BCUT2D eigenvalue weighted by molar-refractivity contribution is -0.146. The fraction of sp³-hybridized carbons (Fsp3) is 0.476. The highest BCUT2D eigenvalue weighted by Crippen LogP contribution is 2.37. The number of methoxy groups -OCH3 is 1. The van der Waals surface area contributed by atoms with E-state index in [1.54, 1.807) is 27.0 Å². The van der Waals surface area contributed by atoms with Crippen molar-refractivity contribution in [2.45, 2.75) is 38.8 Å². The van der Waals surface area contributed by atoms with Crippen molar-refractivity contribution in [2.75, 3.05) is 25.1 Å². The maximum absolute atomic E-state index is 12.5. The van der Waals surface area contributed by atoms with Crippen molar-refractivity contribution in [3.05, 3.63) is 33.9 Å². The largest absolute Gasteiger partial charge is 0.469 e. The Hall–Kier alpha value is -2.06. The quantitative estimate of drug-likeness (QED) is 0.626. The van der Waals surface area contributed by atoms with Crippen LogP contribution in [-0.2, 0) is 14.3 Å². The van der Waals surface area contributed by atoms with E-state index in [-0.39, 0.29) is 0 Å². The molecule has 3 rings (SSSR count). The molecule has 1 aliphatic heterocycles. The summed E-state index contributed by atoms with van der Waals surface area (Å²) in [4.78, 5) is 31.2. The van der Waals surface area contributed by atoms with Gasteiger partial charge in [0.25, 0.3) is 0 Å². The molecule has 1 saturated heterocycles. The second kappa shape index (κ2) is 8.98. The van der Waals surface area contributed by atoms with Gasteiger partial charge < -0.3 is 19.7 Å². The lowest BCUT2D eigenvalue weighted by Gasteiger charge is -2.39. The van der Waals surface area contributed by atoms with Crippen LogP contribution >= 0.6 is 27.5 Å². The topological polar surface area (TPSA) is 80.8 Å². The number of nitrogens with zero attached hydrogens (tertiary/aromatic N) is 2. The molecule has 2 unspecified atom stereocenters. The number of nitrogens with one attached hydrogen (secondary N) is 1. The molecule has 1 fully saturated rings. The van der Waals surface area contributed by atoms with Crippen molar-refractivity contribution in [2.24, 2.45) is 5.92 Å². The summed E-state index contributed by atoms with van der Waals surface area (Å²) in [7, 11) is 1.34. The van der Waals surface area contributed by atoms with Crippen molar-refractivity contribution in [1.29, 1.82) is 0 Å². The molecule has 0 radical (unpaired) electrons. The lowest BCUT2D eigenvalue weighted by atomic mass is 9.91. The van der Waals surface area contributed by atoms with Gasteiger partial charge in [0.1, 0.15) is 5.60 Å². The molecule has 7 nitrogen and oxygen atoms in total. The molecule has 1 aromatic heterocycles. The van der Waals surface area contributed by atoms with Crippen LogP contribution in [0.1, 0.15) is 27.2 Å². The second-order valence-electron chi connectivity index (χ2n) is 8.23. The number of halogens is 2. The number of fused-ring (bicyclic) bond motifs is 1. The predicted molar refractivity (Wildman–Crippen MR) is 120 cm³/mol. The monoisotopic (exact) mass is 497 g/mol.